The minimum absolute atomic E-state index is 0.222. The van der Waals surface area contributed by atoms with Gasteiger partial charge in [0.15, 0.2) is 0 Å². The number of rotatable bonds is 3. The van der Waals surface area contributed by atoms with E-state index < -0.39 is 0 Å². The molecule has 3 amide bonds. The van der Waals surface area contributed by atoms with E-state index in [2.05, 4.69) is 33.7 Å². The number of carbonyl (C=O) groups excluding carboxylic acids is 2. The van der Waals surface area contributed by atoms with Gasteiger partial charge in [-0.2, -0.15) is 0 Å². The summed E-state index contributed by atoms with van der Waals surface area (Å²) in [6.07, 6.45) is 5.28. The molecule has 1 aliphatic carbocycles. The molecule has 1 aliphatic heterocycles. The Balaban J connectivity index is 1.52. The summed E-state index contributed by atoms with van der Waals surface area (Å²) in [6, 6.07) is 7.90. The molecule has 0 spiro atoms. The molecule has 5 heteroatoms. The highest BCUT2D eigenvalue weighted by Crippen LogP contribution is 2.20. The Labute approximate surface area is 137 Å². The molecular formula is C18H25N3O2. The second-order valence-electron chi connectivity index (χ2n) is 6.61. The SMILES string of the molecule is C[C@@H](C(=O)NC(=O)NC1CCCC1)N1CCc2ccccc2C1. The van der Waals surface area contributed by atoms with Gasteiger partial charge in [0.05, 0.1) is 6.04 Å². The van der Waals surface area contributed by atoms with E-state index in [0.717, 1.165) is 45.2 Å². The molecule has 124 valence electrons. The van der Waals surface area contributed by atoms with Crippen LogP contribution in [-0.4, -0.2) is 35.5 Å². The van der Waals surface area contributed by atoms with Crippen LogP contribution in [0.5, 0.6) is 0 Å². The van der Waals surface area contributed by atoms with Gasteiger partial charge in [0, 0.05) is 19.1 Å². The highest BCUT2D eigenvalue weighted by molar-refractivity contribution is 5.96. The maximum atomic E-state index is 12.3. The fraction of sp³-hybridized carbons (Fsp3) is 0.556. The van der Waals surface area contributed by atoms with Crippen molar-refractivity contribution in [2.75, 3.05) is 6.54 Å². The van der Waals surface area contributed by atoms with Gasteiger partial charge < -0.3 is 5.32 Å². The van der Waals surface area contributed by atoms with Crippen molar-refractivity contribution in [3.63, 3.8) is 0 Å². The number of urea groups is 1. The van der Waals surface area contributed by atoms with E-state index in [1.165, 1.54) is 11.1 Å². The third kappa shape index (κ3) is 3.91. The number of amides is 3. The molecular weight excluding hydrogens is 290 g/mol. The summed E-state index contributed by atoms with van der Waals surface area (Å²) in [5.74, 6) is -0.222. The van der Waals surface area contributed by atoms with Crippen LogP contribution in [0.25, 0.3) is 0 Å². The van der Waals surface area contributed by atoms with Crippen LogP contribution in [0.2, 0.25) is 0 Å². The average molecular weight is 315 g/mol. The van der Waals surface area contributed by atoms with Gasteiger partial charge in [0.2, 0.25) is 5.91 Å². The number of hydrogen-bond donors (Lipinski definition) is 2. The smallest absolute Gasteiger partial charge is 0.321 e. The molecule has 0 unspecified atom stereocenters. The molecule has 2 N–H and O–H groups in total. The molecule has 0 aromatic heterocycles. The van der Waals surface area contributed by atoms with Gasteiger partial charge in [0.1, 0.15) is 0 Å². The average Bonchev–Trinajstić information content (AvgIpc) is 3.06. The molecule has 1 heterocycles. The molecule has 1 fully saturated rings. The molecule has 5 nitrogen and oxygen atoms in total. The number of nitrogens with one attached hydrogen (secondary N) is 2. The number of carbonyl (C=O) groups is 2. The Hall–Kier alpha value is -1.88. The van der Waals surface area contributed by atoms with Gasteiger partial charge in [-0.15, -0.1) is 0 Å². The van der Waals surface area contributed by atoms with Gasteiger partial charge >= 0.3 is 6.03 Å². The van der Waals surface area contributed by atoms with Crippen molar-refractivity contribution in [1.82, 2.24) is 15.5 Å². The monoisotopic (exact) mass is 315 g/mol. The molecule has 3 rings (SSSR count). The Morgan fingerprint density at radius 2 is 1.87 bits per heavy atom. The molecule has 0 saturated heterocycles. The lowest BCUT2D eigenvalue weighted by Crippen LogP contribution is -2.51. The first kappa shape index (κ1) is 16.0. The van der Waals surface area contributed by atoms with Crippen molar-refractivity contribution in [3.05, 3.63) is 35.4 Å². The molecule has 0 bridgehead atoms. The predicted octanol–water partition coefficient (Wildman–Crippen LogP) is 2.20. The molecule has 0 radical (unpaired) electrons. The Morgan fingerprint density at radius 1 is 1.17 bits per heavy atom. The van der Waals surface area contributed by atoms with Crippen molar-refractivity contribution >= 4 is 11.9 Å². The highest BCUT2D eigenvalue weighted by atomic mass is 16.2. The fourth-order valence-corrected chi connectivity index (χ4v) is 3.52. The number of benzene rings is 1. The standard InChI is InChI=1S/C18H25N3O2/c1-13(17(22)20-18(23)19-16-8-4-5-9-16)21-11-10-14-6-2-3-7-15(14)12-21/h2-3,6-7,13,16H,4-5,8-12H2,1H3,(H2,19,20,22,23)/t13-/m0/s1. The van der Waals surface area contributed by atoms with Crippen molar-refractivity contribution in [1.29, 1.82) is 0 Å². The van der Waals surface area contributed by atoms with E-state index in [1.807, 2.05) is 13.0 Å². The normalized spacial score (nSPS) is 19.9. The zero-order valence-electron chi connectivity index (χ0n) is 13.7. The maximum absolute atomic E-state index is 12.3. The second-order valence-corrected chi connectivity index (χ2v) is 6.61. The van der Waals surface area contributed by atoms with Crippen molar-refractivity contribution in [2.24, 2.45) is 0 Å². The zero-order chi connectivity index (χ0) is 16.2. The summed E-state index contributed by atoms with van der Waals surface area (Å²) in [6.45, 7) is 3.47. The lowest BCUT2D eigenvalue weighted by atomic mass is 9.99. The quantitative estimate of drug-likeness (QED) is 0.899. The number of imide groups is 1. The van der Waals surface area contributed by atoms with Crippen molar-refractivity contribution < 1.29 is 9.59 Å². The summed E-state index contributed by atoms with van der Waals surface area (Å²) < 4.78 is 0. The zero-order valence-corrected chi connectivity index (χ0v) is 13.7. The Kier molecular flexibility index (Phi) is 4.96. The van der Waals surface area contributed by atoms with Gasteiger partial charge in [-0.05, 0) is 37.3 Å². The third-order valence-electron chi connectivity index (χ3n) is 5.01. The topological polar surface area (TPSA) is 61.4 Å². The van der Waals surface area contributed by atoms with Crippen LogP contribution in [0.4, 0.5) is 4.79 Å². The van der Waals surface area contributed by atoms with Crippen LogP contribution in [0, 0.1) is 0 Å². The first-order valence-electron chi connectivity index (χ1n) is 8.55. The lowest BCUT2D eigenvalue weighted by Gasteiger charge is -2.32. The van der Waals surface area contributed by atoms with Gasteiger partial charge in [0.25, 0.3) is 0 Å². The molecule has 1 aromatic rings. The maximum Gasteiger partial charge on any atom is 0.321 e. The fourth-order valence-electron chi connectivity index (χ4n) is 3.52. The number of fused-ring (bicyclic) bond motifs is 1. The van der Waals surface area contributed by atoms with Crippen LogP contribution in [0.1, 0.15) is 43.7 Å². The van der Waals surface area contributed by atoms with E-state index in [0.29, 0.717) is 0 Å². The van der Waals surface area contributed by atoms with E-state index in [1.54, 1.807) is 0 Å². The summed E-state index contributed by atoms with van der Waals surface area (Å²) >= 11 is 0. The van der Waals surface area contributed by atoms with Crippen LogP contribution >= 0.6 is 0 Å². The van der Waals surface area contributed by atoms with Gasteiger partial charge in [-0.25, -0.2) is 4.79 Å². The minimum Gasteiger partial charge on any atom is -0.335 e. The second kappa shape index (κ2) is 7.13. The minimum atomic E-state index is -0.355. The van der Waals surface area contributed by atoms with E-state index in [4.69, 9.17) is 0 Å². The summed E-state index contributed by atoms with van der Waals surface area (Å²) in [4.78, 5) is 26.4. The first-order chi connectivity index (χ1) is 11.1. The summed E-state index contributed by atoms with van der Waals surface area (Å²) in [5, 5.41) is 5.39. The largest absolute Gasteiger partial charge is 0.335 e. The van der Waals surface area contributed by atoms with Crippen molar-refractivity contribution in [3.8, 4) is 0 Å². The summed E-state index contributed by atoms with van der Waals surface area (Å²) in [5.41, 5.74) is 2.63. The Bertz CT molecular complexity index is 581. The van der Waals surface area contributed by atoms with Gasteiger partial charge in [-0.3, -0.25) is 15.0 Å². The Morgan fingerprint density at radius 3 is 2.61 bits per heavy atom. The highest BCUT2D eigenvalue weighted by Gasteiger charge is 2.27. The van der Waals surface area contributed by atoms with Crippen LogP contribution in [0.3, 0.4) is 0 Å². The van der Waals surface area contributed by atoms with Crippen LogP contribution in [0.15, 0.2) is 24.3 Å². The van der Waals surface area contributed by atoms with Crippen LogP contribution in [-0.2, 0) is 17.8 Å². The molecule has 1 saturated carbocycles. The first-order valence-corrected chi connectivity index (χ1v) is 8.55. The van der Waals surface area contributed by atoms with Crippen LogP contribution < -0.4 is 10.6 Å². The molecule has 2 aliphatic rings. The molecule has 1 atom stereocenters. The lowest BCUT2D eigenvalue weighted by molar-refractivity contribution is -0.125. The van der Waals surface area contributed by atoms with Crippen molar-refractivity contribution in [2.45, 2.75) is 57.7 Å². The van der Waals surface area contributed by atoms with E-state index in [-0.39, 0.29) is 24.0 Å². The summed E-state index contributed by atoms with van der Waals surface area (Å²) in [7, 11) is 0. The van der Waals surface area contributed by atoms with E-state index >= 15 is 0 Å². The molecule has 1 aromatic carbocycles. The molecule has 23 heavy (non-hydrogen) atoms. The van der Waals surface area contributed by atoms with Gasteiger partial charge in [-0.1, -0.05) is 37.1 Å². The number of nitrogens with zero attached hydrogens (tertiary/aromatic N) is 1. The van der Waals surface area contributed by atoms with E-state index in [9.17, 15) is 9.59 Å². The number of hydrogen-bond acceptors (Lipinski definition) is 3. The predicted molar refractivity (Wildman–Crippen MR) is 88.9 cm³/mol. The third-order valence-corrected chi connectivity index (χ3v) is 5.01.